The average molecular weight is 331 g/mol. The summed E-state index contributed by atoms with van der Waals surface area (Å²) < 4.78 is 30.7. The van der Waals surface area contributed by atoms with E-state index in [1.807, 2.05) is 13.0 Å². The SMILES string of the molecule is CCC/C(C)=C/C=C(\C)N(C(=O)OC(C)C)S(=O)(=O)C(C)C. The van der Waals surface area contributed by atoms with Gasteiger partial charge in [0, 0.05) is 5.70 Å². The van der Waals surface area contributed by atoms with Crippen LogP contribution in [0.4, 0.5) is 4.79 Å². The second-order valence-electron chi connectivity index (χ2n) is 5.86. The number of sulfonamides is 1. The third-order valence-corrected chi connectivity index (χ3v) is 5.06. The fourth-order valence-electron chi connectivity index (χ4n) is 1.72. The van der Waals surface area contributed by atoms with Crippen molar-refractivity contribution < 1.29 is 17.9 Å². The van der Waals surface area contributed by atoms with Crippen molar-refractivity contribution in [3.05, 3.63) is 23.4 Å². The van der Waals surface area contributed by atoms with Gasteiger partial charge in [0.25, 0.3) is 0 Å². The Kier molecular flexibility index (Phi) is 8.45. The molecule has 0 N–H and O–H groups in total. The number of hydrogen-bond acceptors (Lipinski definition) is 4. The topological polar surface area (TPSA) is 63.7 Å². The van der Waals surface area contributed by atoms with Crippen molar-refractivity contribution in [1.29, 1.82) is 0 Å². The largest absolute Gasteiger partial charge is 0.446 e. The monoisotopic (exact) mass is 331 g/mol. The van der Waals surface area contributed by atoms with Crippen molar-refractivity contribution in [3.8, 4) is 0 Å². The van der Waals surface area contributed by atoms with Gasteiger partial charge in [-0.3, -0.25) is 0 Å². The molecule has 0 bridgehead atoms. The second-order valence-corrected chi connectivity index (χ2v) is 8.20. The maximum Gasteiger partial charge on any atom is 0.428 e. The van der Waals surface area contributed by atoms with Crippen LogP contribution in [0.2, 0.25) is 0 Å². The quantitative estimate of drug-likeness (QED) is 0.655. The van der Waals surface area contributed by atoms with Crippen LogP contribution < -0.4 is 0 Å². The summed E-state index contributed by atoms with van der Waals surface area (Å²) in [7, 11) is -3.78. The Labute approximate surface area is 135 Å². The van der Waals surface area contributed by atoms with Crippen LogP contribution in [-0.2, 0) is 14.8 Å². The molecule has 0 aromatic carbocycles. The van der Waals surface area contributed by atoms with Gasteiger partial charge < -0.3 is 4.74 Å². The Morgan fingerprint density at radius 3 is 2.09 bits per heavy atom. The average Bonchev–Trinajstić information content (AvgIpc) is 2.35. The van der Waals surface area contributed by atoms with Gasteiger partial charge >= 0.3 is 6.09 Å². The van der Waals surface area contributed by atoms with Gasteiger partial charge in [-0.25, -0.2) is 13.2 Å². The molecule has 0 atom stereocenters. The molecule has 0 heterocycles. The molecule has 22 heavy (non-hydrogen) atoms. The minimum atomic E-state index is -3.78. The predicted molar refractivity (Wildman–Crippen MR) is 89.9 cm³/mol. The number of rotatable bonds is 7. The highest BCUT2D eigenvalue weighted by atomic mass is 32.2. The summed E-state index contributed by atoms with van der Waals surface area (Å²) in [6.45, 7) is 12.1. The molecule has 0 aliphatic rings. The Hall–Kier alpha value is -1.30. The molecule has 0 fully saturated rings. The predicted octanol–water partition coefficient (Wildman–Crippen LogP) is 4.22. The zero-order chi connectivity index (χ0) is 17.5. The molecule has 5 nitrogen and oxygen atoms in total. The van der Waals surface area contributed by atoms with E-state index in [0.29, 0.717) is 5.70 Å². The van der Waals surface area contributed by atoms with Gasteiger partial charge in [0.2, 0.25) is 10.0 Å². The number of amides is 1. The van der Waals surface area contributed by atoms with E-state index < -0.39 is 21.4 Å². The van der Waals surface area contributed by atoms with Gasteiger partial charge in [0.15, 0.2) is 0 Å². The number of carbonyl (C=O) groups is 1. The molecule has 0 rings (SSSR count). The van der Waals surface area contributed by atoms with Crippen molar-refractivity contribution in [1.82, 2.24) is 4.31 Å². The van der Waals surface area contributed by atoms with E-state index >= 15 is 0 Å². The number of nitrogens with zero attached hydrogens (tertiary/aromatic N) is 1. The summed E-state index contributed by atoms with van der Waals surface area (Å²) >= 11 is 0. The number of carbonyl (C=O) groups excluding carboxylic acids is 1. The zero-order valence-electron chi connectivity index (χ0n) is 14.7. The fraction of sp³-hybridized carbons (Fsp3) is 0.688. The van der Waals surface area contributed by atoms with E-state index in [2.05, 4.69) is 6.92 Å². The van der Waals surface area contributed by atoms with E-state index in [0.717, 1.165) is 22.7 Å². The first kappa shape index (κ1) is 20.7. The Balaban J connectivity index is 5.64. The van der Waals surface area contributed by atoms with E-state index in [4.69, 9.17) is 4.74 Å². The highest BCUT2D eigenvalue weighted by Crippen LogP contribution is 2.18. The van der Waals surface area contributed by atoms with Crippen molar-refractivity contribution in [2.45, 2.75) is 72.7 Å². The number of hydrogen-bond donors (Lipinski definition) is 0. The van der Waals surface area contributed by atoms with E-state index in [-0.39, 0.29) is 6.10 Å². The first-order valence-corrected chi connectivity index (χ1v) is 9.13. The van der Waals surface area contributed by atoms with Crippen LogP contribution in [0.3, 0.4) is 0 Å². The highest BCUT2D eigenvalue weighted by Gasteiger charge is 2.33. The Morgan fingerprint density at radius 1 is 1.14 bits per heavy atom. The smallest absolute Gasteiger partial charge is 0.428 e. The summed E-state index contributed by atoms with van der Waals surface area (Å²) in [4.78, 5) is 12.2. The number of ether oxygens (including phenoxy) is 1. The lowest BCUT2D eigenvalue weighted by molar-refractivity contribution is 0.102. The lowest BCUT2D eigenvalue weighted by Gasteiger charge is -2.25. The standard InChI is InChI=1S/C16H29NO4S/c1-8-9-14(6)10-11-15(7)17(16(18)21-12(2)3)22(19,20)13(4)5/h10-13H,8-9H2,1-7H3/b14-10+,15-11+. The zero-order valence-corrected chi connectivity index (χ0v) is 15.5. The summed E-state index contributed by atoms with van der Waals surface area (Å²) in [5.41, 5.74) is 1.45. The lowest BCUT2D eigenvalue weighted by Crippen LogP contribution is -2.40. The van der Waals surface area contributed by atoms with Crippen molar-refractivity contribution >= 4 is 16.1 Å². The van der Waals surface area contributed by atoms with Crippen LogP contribution in [0.1, 0.15) is 61.3 Å². The molecule has 0 saturated carbocycles. The second kappa shape index (κ2) is 8.98. The van der Waals surface area contributed by atoms with Gasteiger partial charge in [-0.1, -0.05) is 25.0 Å². The van der Waals surface area contributed by atoms with Gasteiger partial charge in [-0.15, -0.1) is 0 Å². The van der Waals surface area contributed by atoms with Crippen LogP contribution >= 0.6 is 0 Å². The first-order valence-electron chi connectivity index (χ1n) is 7.62. The molecule has 6 heteroatoms. The lowest BCUT2D eigenvalue weighted by atomic mass is 10.1. The molecular weight excluding hydrogens is 302 g/mol. The van der Waals surface area contributed by atoms with E-state index in [9.17, 15) is 13.2 Å². The highest BCUT2D eigenvalue weighted by molar-refractivity contribution is 7.90. The molecular formula is C16H29NO4S. The van der Waals surface area contributed by atoms with Gasteiger partial charge in [-0.2, -0.15) is 4.31 Å². The normalized spacial score (nSPS) is 13.7. The maximum atomic E-state index is 12.4. The van der Waals surface area contributed by atoms with E-state index in [1.54, 1.807) is 26.8 Å². The van der Waals surface area contributed by atoms with E-state index in [1.165, 1.54) is 13.8 Å². The molecule has 0 aromatic heterocycles. The van der Waals surface area contributed by atoms with Gasteiger partial charge in [0.1, 0.15) is 0 Å². The van der Waals surface area contributed by atoms with Gasteiger partial charge in [0.05, 0.1) is 11.4 Å². The molecule has 0 aromatic rings. The van der Waals surface area contributed by atoms with Crippen molar-refractivity contribution in [3.63, 3.8) is 0 Å². The third kappa shape index (κ3) is 6.22. The molecule has 128 valence electrons. The molecule has 1 amide bonds. The van der Waals surface area contributed by atoms with Gasteiger partial charge in [-0.05, 0) is 54.0 Å². The molecule has 0 radical (unpaired) electrons. The maximum absolute atomic E-state index is 12.4. The molecule has 0 saturated heterocycles. The van der Waals surface area contributed by atoms with Crippen LogP contribution in [0.15, 0.2) is 23.4 Å². The van der Waals surface area contributed by atoms with Crippen LogP contribution in [0.25, 0.3) is 0 Å². The first-order chi connectivity index (χ1) is 10.0. The summed E-state index contributed by atoms with van der Waals surface area (Å²) in [5.74, 6) is 0. The van der Waals surface area contributed by atoms with Crippen LogP contribution in [-0.4, -0.2) is 30.2 Å². The Morgan fingerprint density at radius 2 is 1.68 bits per heavy atom. The number of allylic oxidation sites excluding steroid dienone is 4. The van der Waals surface area contributed by atoms with Crippen LogP contribution in [0.5, 0.6) is 0 Å². The minimum absolute atomic E-state index is 0.329. The Bertz CT molecular complexity index is 530. The minimum Gasteiger partial charge on any atom is -0.446 e. The molecule has 0 aliphatic carbocycles. The summed E-state index contributed by atoms with van der Waals surface area (Å²) in [6.07, 6.45) is 4.17. The molecule has 0 spiro atoms. The van der Waals surface area contributed by atoms with Crippen molar-refractivity contribution in [2.24, 2.45) is 0 Å². The molecule has 0 unspecified atom stereocenters. The fourth-order valence-corrected chi connectivity index (χ4v) is 2.85. The van der Waals surface area contributed by atoms with Crippen LogP contribution in [0, 0.1) is 0 Å². The molecule has 0 aliphatic heterocycles. The summed E-state index contributed by atoms with van der Waals surface area (Å²) in [5, 5.41) is -0.712. The third-order valence-electron chi connectivity index (χ3n) is 2.93. The summed E-state index contributed by atoms with van der Waals surface area (Å²) in [6, 6.07) is 0. The van der Waals surface area contributed by atoms with Crippen molar-refractivity contribution in [2.75, 3.05) is 0 Å².